The first-order valence-corrected chi connectivity index (χ1v) is 10.7. The zero-order valence-electron chi connectivity index (χ0n) is 15.7. The molecule has 28 heavy (non-hydrogen) atoms. The second-order valence-electron chi connectivity index (χ2n) is 6.44. The average Bonchev–Trinajstić information content (AvgIpc) is 3.21. The molecular formula is C20H24N2O5S. The van der Waals surface area contributed by atoms with Crippen LogP contribution in [0.1, 0.15) is 30.1 Å². The van der Waals surface area contributed by atoms with Crippen LogP contribution in [0.3, 0.4) is 0 Å². The molecule has 1 atom stereocenters. The summed E-state index contributed by atoms with van der Waals surface area (Å²) in [5.41, 5.74) is 0.698. The first-order chi connectivity index (χ1) is 13.5. The molecule has 7 nitrogen and oxygen atoms in total. The van der Waals surface area contributed by atoms with Crippen LogP contribution in [0.4, 0.5) is 5.69 Å². The molecule has 0 aliphatic carbocycles. The van der Waals surface area contributed by atoms with Gasteiger partial charge in [-0.15, -0.1) is 0 Å². The molecule has 0 aromatic heterocycles. The van der Waals surface area contributed by atoms with Crippen LogP contribution in [-0.2, 0) is 14.8 Å². The number of benzene rings is 2. The van der Waals surface area contributed by atoms with Gasteiger partial charge in [0.05, 0.1) is 17.6 Å². The van der Waals surface area contributed by atoms with E-state index in [-0.39, 0.29) is 22.5 Å². The molecule has 0 bridgehead atoms. The van der Waals surface area contributed by atoms with Gasteiger partial charge in [0.2, 0.25) is 0 Å². The molecule has 1 aliphatic rings. The van der Waals surface area contributed by atoms with Crippen LogP contribution >= 0.6 is 0 Å². The summed E-state index contributed by atoms with van der Waals surface area (Å²) in [7, 11) is -3.82. The molecule has 2 aromatic carbocycles. The van der Waals surface area contributed by atoms with Crippen molar-refractivity contribution < 1.29 is 22.7 Å². The largest absolute Gasteiger partial charge is 0.494 e. The molecule has 1 fully saturated rings. The van der Waals surface area contributed by atoms with Gasteiger partial charge >= 0.3 is 0 Å². The van der Waals surface area contributed by atoms with Gasteiger partial charge in [0.15, 0.2) is 0 Å². The third-order valence-electron chi connectivity index (χ3n) is 4.34. The van der Waals surface area contributed by atoms with Crippen molar-refractivity contribution >= 4 is 21.6 Å². The number of carbonyl (C=O) groups is 1. The van der Waals surface area contributed by atoms with Crippen LogP contribution in [-0.4, -0.2) is 40.2 Å². The van der Waals surface area contributed by atoms with Crippen molar-refractivity contribution in [3.63, 3.8) is 0 Å². The second-order valence-corrected chi connectivity index (χ2v) is 8.12. The lowest BCUT2D eigenvalue weighted by atomic mass is 10.2. The summed E-state index contributed by atoms with van der Waals surface area (Å²) in [6.45, 7) is 3.54. The standard InChI is InChI=1S/C20H24N2O5S/c1-2-26-17-10-8-16(9-11-17)22-28(24,25)19-7-3-5-15(13-19)20(23)21-14-18-6-4-12-27-18/h3,5,7-11,13,18,22H,2,4,6,12,14H2,1H3,(H,21,23). The molecule has 1 unspecified atom stereocenters. The first kappa shape index (κ1) is 20.2. The Labute approximate surface area is 165 Å². The summed E-state index contributed by atoms with van der Waals surface area (Å²) in [6, 6.07) is 12.6. The van der Waals surface area contributed by atoms with Gasteiger partial charge in [0.1, 0.15) is 5.75 Å². The topological polar surface area (TPSA) is 93.7 Å². The molecule has 1 amide bonds. The number of ether oxygens (including phenoxy) is 2. The maximum absolute atomic E-state index is 12.7. The third kappa shape index (κ3) is 5.24. The van der Waals surface area contributed by atoms with Gasteiger partial charge in [-0.05, 0) is 62.2 Å². The molecule has 0 saturated carbocycles. The van der Waals surface area contributed by atoms with Gasteiger partial charge in [-0.2, -0.15) is 0 Å². The van der Waals surface area contributed by atoms with E-state index in [1.807, 2.05) is 6.92 Å². The van der Waals surface area contributed by atoms with Crippen molar-refractivity contribution in [2.24, 2.45) is 0 Å². The summed E-state index contributed by atoms with van der Waals surface area (Å²) in [4.78, 5) is 12.4. The molecule has 0 spiro atoms. The van der Waals surface area contributed by atoms with Crippen LogP contribution in [0, 0.1) is 0 Å². The summed E-state index contributed by atoms with van der Waals surface area (Å²) >= 11 is 0. The van der Waals surface area contributed by atoms with E-state index in [0.29, 0.717) is 31.2 Å². The van der Waals surface area contributed by atoms with Gasteiger partial charge < -0.3 is 14.8 Å². The average molecular weight is 404 g/mol. The Balaban J connectivity index is 1.67. The number of hydrogen-bond donors (Lipinski definition) is 2. The molecule has 1 heterocycles. The highest BCUT2D eigenvalue weighted by molar-refractivity contribution is 7.92. The molecule has 0 radical (unpaired) electrons. The predicted octanol–water partition coefficient (Wildman–Crippen LogP) is 2.79. The molecule has 2 aromatic rings. The minimum Gasteiger partial charge on any atom is -0.494 e. The van der Waals surface area contributed by atoms with Crippen molar-refractivity contribution in [3.8, 4) is 5.75 Å². The highest BCUT2D eigenvalue weighted by atomic mass is 32.2. The Hall–Kier alpha value is -2.58. The lowest BCUT2D eigenvalue weighted by Gasteiger charge is -2.12. The Morgan fingerprint density at radius 2 is 2.00 bits per heavy atom. The molecule has 3 rings (SSSR count). The van der Waals surface area contributed by atoms with E-state index in [2.05, 4.69) is 10.0 Å². The summed E-state index contributed by atoms with van der Waals surface area (Å²) < 4.78 is 38.7. The molecule has 150 valence electrons. The minimum atomic E-state index is -3.82. The van der Waals surface area contributed by atoms with Gasteiger partial charge in [0, 0.05) is 24.4 Å². The summed E-state index contributed by atoms with van der Waals surface area (Å²) in [6.07, 6.45) is 1.93. The fraction of sp³-hybridized carbons (Fsp3) is 0.350. The van der Waals surface area contributed by atoms with Crippen molar-refractivity contribution in [1.29, 1.82) is 0 Å². The highest BCUT2D eigenvalue weighted by Gasteiger charge is 2.19. The van der Waals surface area contributed by atoms with Crippen LogP contribution in [0.2, 0.25) is 0 Å². The quantitative estimate of drug-likeness (QED) is 0.706. The van der Waals surface area contributed by atoms with E-state index in [1.165, 1.54) is 12.1 Å². The number of sulfonamides is 1. The smallest absolute Gasteiger partial charge is 0.261 e. The van der Waals surface area contributed by atoms with Crippen molar-refractivity contribution in [3.05, 3.63) is 54.1 Å². The molecule has 1 aliphatic heterocycles. The number of anilines is 1. The van der Waals surface area contributed by atoms with Gasteiger partial charge in [-0.3, -0.25) is 9.52 Å². The molecule has 1 saturated heterocycles. The Morgan fingerprint density at radius 3 is 2.68 bits per heavy atom. The van der Waals surface area contributed by atoms with Crippen LogP contribution in [0.15, 0.2) is 53.4 Å². The van der Waals surface area contributed by atoms with Crippen LogP contribution in [0.5, 0.6) is 5.75 Å². The number of carbonyl (C=O) groups excluding carboxylic acids is 1. The SMILES string of the molecule is CCOc1ccc(NS(=O)(=O)c2cccc(C(=O)NCC3CCCO3)c2)cc1. The van der Waals surface area contributed by atoms with Crippen molar-refractivity contribution in [2.45, 2.75) is 30.8 Å². The van der Waals surface area contributed by atoms with Crippen LogP contribution < -0.4 is 14.8 Å². The lowest BCUT2D eigenvalue weighted by molar-refractivity contribution is 0.0857. The second kappa shape index (κ2) is 9.07. The maximum atomic E-state index is 12.7. The van der Waals surface area contributed by atoms with E-state index in [0.717, 1.165) is 12.8 Å². The number of nitrogens with one attached hydrogen (secondary N) is 2. The normalized spacial score (nSPS) is 16.5. The van der Waals surface area contributed by atoms with E-state index in [4.69, 9.17) is 9.47 Å². The van der Waals surface area contributed by atoms with E-state index in [9.17, 15) is 13.2 Å². The Morgan fingerprint density at radius 1 is 1.21 bits per heavy atom. The number of rotatable bonds is 8. The molecule has 2 N–H and O–H groups in total. The van der Waals surface area contributed by atoms with Gasteiger partial charge in [-0.1, -0.05) is 6.07 Å². The predicted molar refractivity (Wildman–Crippen MR) is 106 cm³/mol. The third-order valence-corrected chi connectivity index (χ3v) is 5.72. The van der Waals surface area contributed by atoms with Gasteiger partial charge in [0.25, 0.3) is 15.9 Å². The van der Waals surface area contributed by atoms with Crippen molar-refractivity contribution in [1.82, 2.24) is 5.32 Å². The lowest BCUT2D eigenvalue weighted by Crippen LogP contribution is -2.31. The van der Waals surface area contributed by atoms with E-state index < -0.39 is 10.0 Å². The number of amides is 1. The summed E-state index contributed by atoms with van der Waals surface area (Å²) in [5, 5.41) is 2.79. The zero-order valence-corrected chi connectivity index (χ0v) is 16.5. The number of hydrogen-bond acceptors (Lipinski definition) is 5. The van der Waals surface area contributed by atoms with Crippen LogP contribution in [0.25, 0.3) is 0 Å². The monoisotopic (exact) mass is 404 g/mol. The molecule has 8 heteroatoms. The maximum Gasteiger partial charge on any atom is 0.261 e. The summed E-state index contributed by atoms with van der Waals surface area (Å²) in [5.74, 6) is 0.337. The molecular weight excluding hydrogens is 380 g/mol. The zero-order chi connectivity index (χ0) is 20.0. The Kier molecular flexibility index (Phi) is 6.53. The van der Waals surface area contributed by atoms with E-state index >= 15 is 0 Å². The fourth-order valence-corrected chi connectivity index (χ4v) is 4.02. The first-order valence-electron chi connectivity index (χ1n) is 9.23. The Bertz CT molecular complexity index is 906. The van der Waals surface area contributed by atoms with Crippen molar-refractivity contribution in [2.75, 3.05) is 24.5 Å². The van der Waals surface area contributed by atoms with E-state index in [1.54, 1.807) is 36.4 Å². The fourth-order valence-electron chi connectivity index (χ4n) is 2.92. The van der Waals surface area contributed by atoms with Gasteiger partial charge in [-0.25, -0.2) is 8.42 Å². The minimum absolute atomic E-state index is 0.0196. The highest BCUT2D eigenvalue weighted by Crippen LogP contribution is 2.20.